The minimum absolute atomic E-state index is 0.0221. The van der Waals surface area contributed by atoms with Crippen LogP contribution in [0.1, 0.15) is 34.3 Å². The Bertz CT molecular complexity index is 905. The molecule has 2 N–H and O–H groups in total. The maximum absolute atomic E-state index is 12.3. The van der Waals surface area contributed by atoms with E-state index in [9.17, 15) is 13.2 Å². The summed E-state index contributed by atoms with van der Waals surface area (Å²) in [6.45, 7) is 1.63. The number of benzene rings is 2. The van der Waals surface area contributed by atoms with Crippen LogP contribution in [0.3, 0.4) is 0 Å². The van der Waals surface area contributed by atoms with Crippen molar-refractivity contribution < 1.29 is 17.9 Å². The van der Waals surface area contributed by atoms with Crippen LogP contribution in [0.5, 0.6) is 0 Å². The third-order valence-electron chi connectivity index (χ3n) is 4.58. The van der Waals surface area contributed by atoms with Crippen molar-refractivity contribution in [2.24, 2.45) is 5.14 Å². The second-order valence-electron chi connectivity index (χ2n) is 6.37. The van der Waals surface area contributed by atoms with E-state index in [4.69, 9.17) is 9.88 Å². The summed E-state index contributed by atoms with van der Waals surface area (Å²) in [5.41, 5.74) is 2.52. The van der Waals surface area contributed by atoms with E-state index >= 15 is 0 Å². The summed E-state index contributed by atoms with van der Waals surface area (Å²) in [5.74, 6) is -0.582. The molecule has 6 nitrogen and oxygen atoms in total. The molecule has 138 valence electrons. The molecule has 0 aliphatic carbocycles. The van der Waals surface area contributed by atoms with Gasteiger partial charge in [-0.25, -0.2) is 18.4 Å². The Morgan fingerprint density at radius 3 is 2.38 bits per heavy atom. The van der Waals surface area contributed by atoms with Crippen LogP contribution in [0, 0.1) is 0 Å². The Morgan fingerprint density at radius 2 is 1.81 bits per heavy atom. The lowest BCUT2D eigenvalue weighted by molar-refractivity contribution is 0.0600. The molecule has 0 radical (unpaired) electrons. The molecule has 0 aromatic heterocycles. The number of primary sulfonamides is 1. The summed E-state index contributed by atoms with van der Waals surface area (Å²) < 4.78 is 29.3. The zero-order valence-electron chi connectivity index (χ0n) is 14.6. The fourth-order valence-corrected chi connectivity index (χ4v) is 4.15. The maximum Gasteiger partial charge on any atom is 0.337 e. The van der Waals surface area contributed by atoms with Crippen molar-refractivity contribution in [3.63, 3.8) is 0 Å². The molecule has 1 aliphatic heterocycles. The van der Waals surface area contributed by atoms with Crippen LogP contribution in [0.4, 0.5) is 5.69 Å². The minimum atomic E-state index is -4.00. The van der Waals surface area contributed by atoms with Crippen molar-refractivity contribution in [2.75, 3.05) is 25.1 Å². The topological polar surface area (TPSA) is 89.7 Å². The van der Waals surface area contributed by atoms with Gasteiger partial charge in [0.05, 0.1) is 17.6 Å². The quantitative estimate of drug-likeness (QED) is 0.811. The van der Waals surface area contributed by atoms with E-state index in [0.29, 0.717) is 12.0 Å². The molecule has 2 aromatic rings. The first-order chi connectivity index (χ1) is 12.4. The molecular weight excluding hydrogens is 352 g/mol. The van der Waals surface area contributed by atoms with Crippen LogP contribution < -0.4 is 10.0 Å². The Kier molecular flexibility index (Phi) is 5.29. The second kappa shape index (κ2) is 7.47. The molecule has 0 saturated carbocycles. The number of sulfonamides is 1. The molecule has 3 rings (SSSR count). The van der Waals surface area contributed by atoms with Crippen molar-refractivity contribution in [1.29, 1.82) is 0 Å². The zero-order valence-corrected chi connectivity index (χ0v) is 15.5. The van der Waals surface area contributed by atoms with Gasteiger partial charge in [-0.2, -0.15) is 0 Å². The lowest BCUT2D eigenvalue weighted by Crippen LogP contribution is -2.23. The molecular formula is C19H22N2O4S. The lowest BCUT2D eigenvalue weighted by atomic mass is 10.00. The first-order valence-corrected chi connectivity index (χ1v) is 10.0. The molecule has 1 heterocycles. The summed E-state index contributed by atoms with van der Waals surface area (Å²) in [4.78, 5) is 14.1. The molecule has 1 aliphatic rings. The normalized spacial score (nSPS) is 14.5. The van der Waals surface area contributed by atoms with Crippen molar-refractivity contribution in [3.8, 4) is 0 Å². The number of ether oxygens (including phenoxy) is 1. The van der Waals surface area contributed by atoms with E-state index in [0.717, 1.165) is 37.2 Å². The van der Waals surface area contributed by atoms with Gasteiger partial charge in [-0.15, -0.1) is 0 Å². The number of nitrogens with two attached hydrogens (primary N) is 1. The Morgan fingerprint density at radius 1 is 1.15 bits per heavy atom. The van der Waals surface area contributed by atoms with Crippen LogP contribution in [0.25, 0.3) is 0 Å². The smallest absolute Gasteiger partial charge is 0.337 e. The summed E-state index contributed by atoms with van der Waals surface area (Å²) in [6.07, 6.45) is 2.47. The van der Waals surface area contributed by atoms with Gasteiger partial charge >= 0.3 is 5.97 Å². The predicted octanol–water partition coefficient (Wildman–Crippen LogP) is 2.31. The van der Waals surface area contributed by atoms with E-state index in [-0.39, 0.29) is 10.5 Å². The summed E-state index contributed by atoms with van der Waals surface area (Å²) in [5, 5.41) is 5.49. The summed E-state index contributed by atoms with van der Waals surface area (Å²) in [6, 6.07) is 12.6. The number of rotatable bonds is 5. The van der Waals surface area contributed by atoms with Gasteiger partial charge in [-0.05, 0) is 36.1 Å². The van der Waals surface area contributed by atoms with Gasteiger partial charge in [0.15, 0.2) is 0 Å². The molecule has 1 saturated heterocycles. The van der Waals surface area contributed by atoms with E-state index in [1.54, 1.807) is 6.07 Å². The minimum Gasteiger partial charge on any atom is -0.465 e. The lowest BCUT2D eigenvalue weighted by Gasteiger charge is -2.24. The number of nitrogens with zero attached hydrogens (tertiary/aromatic N) is 1. The molecule has 0 amide bonds. The Balaban J connectivity index is 2.21. The SMILES string of the molecule is COC(=O)c1cc(N2CCCC2)c(Cc2ccccc2)c(S(N)(=O)=O)c1. The molecule has 1 fully saturated rings. The first kappa shape index (κ1) is 18.4. The van der Waals surface area contributed by atoms with Crippen molar-refractivity contribution >= 4 is 21.7 Å². The standard InChI is InChI=1S/C19H22N2O4S/c1-25-19(22)15-12-17(21-9-5-6-10-21)16(18(13-15)26(20,23)24)11-14-7-3-2-4-8-14/h2-4,7-8,12-13H,5-6,9-11H2,1H3,(H2,20,23,24). The van der Waals surface area contributed by atoms with E-state index in [1.165, 1.54) is 13.2 Å². The monoisotopic (exact) mass is 374 g/mol. The predicted molar refractivity (Wildman–Crippen MR) is 99.8 cm³/mol. The van der Waals surface area contributed by atoms with Crippen LogP contribution in [-0.2, 0) is 21.2 Å². The Labute approximate surface area is 153 Å². The molecule has 26 heavy (non-hydrogen) atoms. The van der Waals surface area contributed by atoms with E-state index < -0.39 is 16.0 Å². The molecule has 0 bridgehead atoms. The summed E-state index contributed by atoms with van der Waals surface area (Å²) in [7, 11) is -2.73. The van der Waals surface area contributed by atoms with Crippen LogP contribution in [0.2, 0.25) is 0 Å². The van der Waals surface area contributed by atoms with Gasteiger partial charge in [0.2, 0.25) is 10.0 Å². The van der Waals surface area contributed by atoms with Crippen LogP contribution >= 0.6 is 0 Å². The number of hydrogen-bond acceptors (Lipinski definition) is 5. The van der Waals surface area contributed by atoms with Gasteiger partial charge in [-0.1, -0.05) is 30.3 Å². The number of carbonyl (C=O) groups is 1. The summed E-state index contributed by atoms with van der Waals surface area (Å²) >= 11 is 0. The van der Waals surface area contributed by atoms with E-state index in [2.05, 4.69) is 4.90 Å². The van der Waals surface area contributed by atoms with Gasteiger partial charge in [-0.3, -0.25) is 0 Å². The zero-order chi connectivity index (χ0) is 18.7. The largest absolute Gasteiger partial charge is 0.465 e. The maximum atomic E-state index is 12.3. The molecule has 0 atom stereocenters. The average molecular weight is 374 g/mol. The number of anilines is 1. The number of methoxy groups -OCH3 is 1. The third kappa shape index (κ3) is 3.89. The molecule has 2 aromatic carbocycles. The number of esters is 1. The molecule has 0 spiro atoms. The molecule has 7 heteroatoms. The van der Waals surface area contributed by atoms with Crippen molar-refractivity contribution in [1.82, 2.24) is 0 Å². The van der Waals surface area contributed by atoms with Gasteiger partial charge in [0.1, 0.15) is 0 Å². The van der Waals surface area contributed by atoms with Crippen molar-refractivity contribution in [2.45, 2.75) is 24.2 Å². The fraction of sp³-hybridized carbons (Fsp3) is 0.316. The highest BCUT2D eigenvalue weighted by molar-refractivity contribution is 7.89. The third-order valence-corrected chi connectivity index (χ3v) is 5.56. The highest BCUT2D eigenvalue weighted by atomic mass is 32.2. The highest BCUT2D eigenvalue weighted by Gasteiger charge is 2.25. The fourth-order valence-electron chi connectivity index (χ4n) is 3.34. The Hall–Kier alpha value is -2.38. The molecule has 0 unspecified atom stereocenters. The van der Waals surface area contributed by atoms with Gasteiger partial charge < -0.3 is 9.64 Å². The van der Waals surface area contributed by atoms with E-state index in [1.807, 2.05) is 30.3 Å². The highest BCUT2D eigenvalue weighted by Crippen LogP contribution is 2.33. The van der Waals surface area contributed by atoms with Crippen LogP contribution in [-0.4, -0.2) is 34.6 Å². The van der Waals surface area contributed by atoms with Crippen molar-refractivity contribution in [3.05, 3.63) is 59.2 Å². The average Bonchev–Trinajstić information content (AvgIpc) is 3.15. The number of carbonyl (C=O) groups excluding carboxylic acids is 1. The second-order valence-corrected chi connectivity index (χ2v) is 7.90. The number of hydrogen-bond donors (Lipinski definition) is 1. The van der Waals surface area contributed by atoms with Gasteiger partial charge in [0.25, 0.3) is 0 Å². The van der Waals surface area contributed by atoms with Crippen LogP contribution in [0.15, 0.2) is 47.4 Å². The first-order valence-electron chi connectivity index (χ1n) is 8.47. The van der Waals surface area contributed by atoms with Gasteiger partial charge in [0, 0.05) is 25.2 Å².